The standard InChI is InChI=1S/C30H52O/c1-18(2)27(31)12-9-20(4)24-10-11-25-28-21(5)16-23-15-19(3)13-14-29(23,7)26(28)17-22(6)30(24,25)8/h18-26,28H,9-17H2,1-8H3/t19?,20-,21?,22?,23?,24?,25?,26?,28?,29?,30?/m1/s1. The number of fused-ring (bicyclic) bond motifs is 5. The minimum absolute atomic E-state index is 0.198. The number of ketones is 1. The molecule has 0 aromatic heterocycles. The molecule has 0 amide bonds. The van der Waals surface area contributed by atoms with Gasteiger partial charge in [-0.15, -0.1) is 0 Å². The van der Waals surface area contributed by atoms with E-state index in [2.05, 4.69) is 55.4 Å². The molecule has 4 rings (SSSR count). The Hall–Kier alpha value is -0.330. The third kappa shape index (κ3) is 3.77. The Bertz CT molecular complexity index is 665. The van der Waals surface area contributed by atoms with Gasteiger partial charge in [-0.2, -0.15) is 0 Å². The van der Waals surface area contributed by atoms with Crippen molar-refractivity contribution in [3.05, 3.63) is 0 Å². The van der Waals surface area contributed by atoms with E-state index in [4.69, 9.17) is 0 Å². The minimum Gasteiger partial charge on any atom is -0.299 e. The Balaban J connectivity index is 1.56. The summed E-state index contributed by atoms with van der Waals surface area (Å²) in [6, 6.07) is 0. The van der Waals surface area contributed by atoms with Crippen LogP contribution in [0.3, 0.4) is 0 Å². The topological polar surface area (TPSA) is 17.1 Å². The summed E-state index contributed by atoms with van der Waals surface area (Å²) < 4.78 is 0. The molecule has 0 N–H and O–H groups in total. The fraction of sp³-hybridized carbons (Fsp3) is 0.967. The van der Waals surface area contributed by atoms with Crippen LogP contribution in [0, 0.1) is 70.0 Å². The summed E-state index contributed by atoms with van der Waals surface area (Å²) in [4.78, 5) is 12.3. The van der Waals surface area contributed by atoms with Crippen molar-refractivity contribution in [2.75, 3.05) is 0 Å². The molecule has 4 aliphatic carbocycles. The quantitative estimate of drug-likeness (QED) is 0.429. The molecule has 0 saturated heterocycles. The van der Waals surface area contributed by atoms with Crippen molar-refractivity contribution in [1.29, 1.82) is 0 Å². The molecule has 4 saturated carbocycles. The molecule has 0 aromatic rings. The first-order valence-electron chi connectivity index (χ1n) is 14.0. The molecule has 0 heterocycles. The lowest BCUT2D eigenvalue weighted by Crippen LogP contribution is -2.58. The zero-order chi connectivity index (χ0) is 22.7. The molecule has 4 aliphatic rings. The third-order valence-electron chi connectivity index (χ3n) is 12.1. The zero-order valence-corrected chi connectivity index (χ0v) is 22.0. The number of hydrogen-bond acceptors (Lipinski definition) is 1. The van der Waals surface area contributed by atoms with Crippen LogP contribution in [0.25, 0.3) is 0 Å². The van der Waals surface area contributed by atoms with Gasteiger partial charge < -0.3 is 0 Å². The predicted octanol–water partition coefficient (Wildman–Crippen LogP) is 8.41. The maximum absolute atomic E-state index is 12.3. The Labute approximate surface area is 193 Å². The van der Waals surface area contributed by atoms with Gasteiger partial charge in [-0.3, -0.25) is 4.79 Å². The molecular formula is C30H52O. The lowest BCUT2D eigenvalue weighted by molar-refractivity contribution is -0.162. The first kappa shape index (κ1) is 23.8. The Morgan fingerprint density at radius 1 is 0.935 bits per heavy atom. The van der Waals surface area contributed by atoms with Gasteiger partial charge >= 0.3 is 0 Å². The van der Waals surface area contributed by atoms with Crippen molar-refractivity contribution >= 4 is 5.78 Å². The molecule has 0 spiro atoms. The van der Waals surface area contributed by atoms with E-state index in [1.165, 1.54) is 44.9 Å². The molecule has 1 nitrogen and oxygen atoms in total. The van der Waals surface area contributed by atoms with Crippen LogP contribution in [0.15, 0.2) is 0 Å². The molecule has 0 aliphatic heterocycles. The highest BCUT2D eigenvalue weighted by Crippen LogP contribution is 2.71. The van der Waals surface area contributed by atoms with Crippen molar-refractivity contribution in [3.8, 4) is 0 Å². The van der Waals surface area contributed by atoms with Crippen LogP contribution in [-0.4, -0.2) is 5.78 Å². The fourth-order valence-corrected chi connectivity index (χ4v) is 10.0. The van der Waals surface area contributed by atoms with E-state index < -0.39 is 0 Å². The van der Waals surface area contributed by atoms with Gasteiger partial charge in [0.15, 0.2) is 0 Å². The Kier molecular flexibility index (Phi) is 6.50. The fourth-order valence-electron chi connectivity index (χ4n) is 10.0. The number of hydrogen-bond donors (Lipinski definition) is 0. The van der Waals surface area contributed by atoms with Crippen LogP contribution in [-0.2, 0) is 4.79 Å². The number of carbonyl (C=O) groups excluding carboxylic acids is 1. The minimum atomic E-state index is 0.198. The van der Waals surface area contributed by atoms with Gasteiger partial charge in [0.1, 0.15) is 5.78 Å². The molecule has 4 fully saturated rings. The van der Waals surface area contributed by atoms with E-state index >= 15 is 0 Å². The summed E-state index contributed by atoms with van der Waals surface area (Å²) >= 11 is 0. The maximum Gasteiger partial charge on any atom is 0.135 e. The summed E-state index contributed by atoms with van der Waals surface area (Å²) in [5, 5.41) is 0. The lowest BCUT2D eigenvalue weighted by atomic mass is 9.40. The summed E-state index contributed by atoms with van der Waals surface area (Å²) in [5.41, 5.74) is 1.09. The van der Waals surface area contributed by atoms with Crippen molar-refractivity contribution in [2.24, 2.45) is 70.0 Å². The van der Waals surface area contributed by atoms with E-state index in [1.54, 1.807) is 0 Å². The van der Waals surface area contributed by atoms with E-state index in [0.29, 0.717) is 22.5 Å². The normalized spacial score (nSPS) is 50.5. The second-order valence-electron chi connectivity index (χ2n) is 13.9. The van der Waals surface area contributed by atoms with E-state index in [0.717, 1.165) is 60.2 Å². The third-order valence-corrected chi connectivity index (χ3v) is 12.1. The van der Waals surface area contributed by atoms with Gasteiger partial charge in [0.25, 0.3) is 0 Å². The van der Waals surface area contributed by atoms with Crippen LogP contribution < -0.4 is 0 Å². The second-order valence-corrected chi connectivity index (χ2v) is 13.9. The van der Waals surface area contributed by atoms with Gasteiger partial charge in [0.05, 0.1) is 0 Å². The summed E-state index contributed by atoms with van der Waals surface area (Å²) in [6.07, 6.45) is 12.2. The molecule has 178 valence electrons. The van der Waals surface area contributed by atoms with E-state index in [9.17, 15) is 4.79 Å². The average molecular weight is 429 g/mol. The number of carbonyl (C=O) groups is 1. The average Bonchev–Trinajstić information content (AvgIpc) is 3.06. The molecule has 11 atom stereocenters. The van der Waals surface area contributed by atoms with Crippen LogP contribution in [0.4, 0.5) is 0 Å². The molecule has 31 heavy (non-hydrogen) atoms. The van der Waals surface area contributed by atoms with Gasteiger partial charge in [0.2, 0.25) is 0 Å². The van der Waals surface area contributed by atoms with Gasteiger partial charge in [-0.25, -0.2) is 0 Å². The molecule has 0 bridgehead atoms. The zero-order valence-electron chi connectivity index (χ0n) is 22.0. The predicted molar refractivity (Wildman–Crippen MR) is 132 cm³/mol. The molecule has 0 aromatic carbocycles. The van der Waals surface area contributed by atoms with Crippen LogP contribution in [0.1, 0.15) is 113 Å². The smallest absolute Gasteiger partial charge is 0.135 e. The summed E-state index contributed by atoms with van der Waals surface area (Å²) in [6.45, 7) is 19.8. The largest absolute Gasteiger partial charge is 0.299 e. The van der Waals surface area contributed by atoms with Crippen molar-refractivity contribution in [3.63, 3.8) is 0 Å². The SMILES string of the molecule is CC1CCC2(C)C(C1)CC(C)C1C2CC(C)C2(C)C1CCC2[C@H](C)CCC(=O)C(C)C. The highest BCUT2D eigenvalue weighted by molar-refractivity contribution is 5.80. The molecule has 0 radical (unpaired) electrons. The first-order valence-corrected chi connectivity index (χ1v) is 14.0. The molecular weight excluding hydrogens is 376 g/mol. The van der Waals surface area contributed by atoms with Gasteiger partial charge in [-0.1, -0.05) is 61.8 Å². The van der Waals surface area contributed by atoms with Crippen LogP contribution in [0.5, 0.6) is 0 Å². The highest BCUT2D eigenvalue weighted by Gasteiger charge is 2.64. The summed E-state index contributed by atoms with van der Waals surface area (Å²) in [7, 11) is 0. The van der Waals surface area contributed by atoms with Gasteiger partial charge in [0, 0.05) is 12.3 Å². The number of rotatable bonds is 5. The Morgan fingerprint density at radius 3 is 2.32 bits per heavy atom. The second kappa shape index (κ2) is 8.47. The Morgan fingerprint density at radius 2 is 1.65 bits per heavy atom. The highest BCUT2D eigenvalue weighted by atomic mass is 16.1. The van der Waals surface area contributed by atoms with Crippen molar-refractivity contribution < 1.29 is 4.79 Å². The molecule has 10 unspecified atom stereocenters. The van der Waals surface area contributed by atoms with Crippen molar-refractivity contribution in [2.45, 2.75) is 113 Å². The summed E-state index contributed by atoms with van der Waals surface area (Å²) in [5.74, 6) is 8.65. The lowest BCUT2D eigenvalue weighted by Gasteiger charge is -2.65. The van der Waals surface area contributed by atoms with E-state index in [1.807, 2.05) is 0 Å². The van der Waals surface area contributed by atoms with E-state index in [-0.39, 0.29) is 5.92 Å². The van der Waals surface area contributed by atoms with Crippen LogP contribution >= 0.6 is 0 Å². The van der Waals surface area contributed by atoms with Crippen molar-refractivity contribution in [1.82, 2.24) is 0 Å². The van der Waals surface area contributed by atoms with Gasteiger partial charge in [-0.05, 0) is 109 Å². The number of Topliss-reactive ketones (excluding diaryl/α,β-unsaturated/α-hetero) is 1. The maximum atomic E-state index is 12.3. The molecule has 1 heteroatoms. The van der Waals surface area contributed by atoms with Crippen LogP contribution in [0.2, 0.25) is 0 Å². The monoisotopic (exact) mass is 428 g/mol. The first-order chi connectivity index (χ1) is 14.5.